The van der Waals surface area contributed by atoms with Crippen LogP contribution in [0.1, 0.15) is 42.3 Å². The normalized spacial score (nSPS) is 17.9. The largest absolute Gasteiger partial charge is 0.438 e. The highest BCUT2D eigenvalue weighted by molar-refractivity contribution is 6.03. The minimum Gasteiger partial charge on any atom is -0.362 e. The van der Waals surface area contributed by atoms with E-state index in [1.807, 2.05) is 0 Å². The van der Waals surface area contributed by atoms with Crippen molar-refractivity contribution < 1.29 is 32.7 Å². The van der Waals surface area contributed by atoms with E-state index in [1.165, 1.54) is 11.1 Å². The lowest BCUT2D eigenvalue weighted by Crippen LogP contribution is -2.72. The molecule has 1 aliphatic rings. The maximum absolute atomic E-state index is 14.8. The van der Waals surface area contributed by atoms with Gasteiger partial charge in [-0.2, -0.15) is 13.2 Å². The maximum Gasteiger partial charge on any atom is 0.438 e. The molecule has 0 aliphatic carbocycles. The van der Waals surface area contributed by atoms with Crippen molar-refractivity contribution in [2.24, 2.45) is 5.92 Å². The molecule has 1 heterocycles. The summed E-state index contributed by atoms with van der Waals surface area (Å²) >= 11 is 0. The van der Waals surface area contributed by atoms with Crippen LogP contribution in [0.25, 0.3) is 5.70 Å². The third kappa shape index (κ3) is 6.08. The average molecular weight is 580 g/mol. The van der Waals surface area contributed by atoms with Gasteiger partial charge in [-0.3, -0.25) is 19.3 Å². The van der Waals surface area contributed by atoms with E-state index in [4.69, 9.17) is 0 Å². The first-order valence-corrected chi connectivity index (χ1v) is 13.4. The number of halogens is 3. The predicted octanol–water partition coefficient (Wildman–Crippen LogP) is 4.99. The Morgan fingerprint density at radius 1 is 0.905 bits per heavy atom. The number of carbonyl (C=O) groups excluding carboxylic acids is 3. The van der Waals surface area contributed by atoms with Gasteiger partial charge < -0.3 is 15.3 Å². The molecule has 10 heteroatoms. The van der Waals surface area contributed by atoms with E-state index in [1.54, 1.807) is 110 Å². The monoisotopic (exact) mass is 579 g/mol. The summed E-state index contributed by atoms with van der Waals surface area (Å²) in [5.41, 5.74) is -2.86. The number of nitrogens with zero attached hydrogens (tertiary/aromatic N) is 2. The minimum absolute atomic E-state index is 0.0317. The second-order valence-corrected chi connectivity index (χ2v) is 10.5. The second-order valence-electron chi connectivity index (χ2n) is 10.5. The Bertz CT molecular complexity index is 1450. The molecule has 3 amide bonds. The van der Waals surface area contributed by atoms with E-state index in [9.17, 15) is 32.7 Å². The Kier molecular flexibility index (Phi) is 8.86. The summed E-state index contributed by atoms with van der Waals surface area (Å²) in [5, 5.41) is 13.1. The van der Waals surface area contributed by atoms with E-state index < -0.39 is 54.0 Å². The van der Waals surface area contributed by atoms with Gasteiger partial charge in [0.25, 0.3) is 17.5 Å². The predicted molar refractivity (Wildman–Crippen MR) is 151 cm³/mol. The van der Waals surface area contributed by atoms with Crippen molar-refractivity contribution in [2.75, 3.05) is 0 Å². The lowest BCUT2D eigenvalue weighted by atomic mass is 9.88. The van der Waals surface area contributed by atoms with E-state index in [-0.39, 0.29) is 5.70 Å². The first-order valence-electron chi connectivity index (χ1n) is 13.4. The summed E-state index contributed by atoms with van der Waals surface area (Å²) in [6, 6.07) is 21.3. The Hall–Kier alpha value is -4.44. The third-order valence-corrected chi connectivity index (χ3v) is 7.13. The molecular weight excluding hydrogens is 547 g/mol. The highest BCUT2D eigenvalue weighted by atomic mass is 19.4. The number of hydrogen-bond acceptors (Lipinski definition) is 4. The van der Waals surface area contributed by atoms with Crippen LogP contribution >= 0.6 is 0 Å². The van der Waals surface area contributed by atoms with Crippen molar-refractivity contribution >= 4 is 23.4 Å². The van der Waals surface area contributed by atoms with Crippen molar-refractivity contribution in [3.8, 4) is 0 Å². The molecule has 0 saturated heterocycles. The zero-order valence-electron chi connectivity index (χ0n) is 23.4. The quantitative estimate of drug-likeness (QED) is 0.368. The lowest BCUT2D eigenvalue weighted by Gasteiger charge is -2.49. The number of hydrogen-bond donors (Lipinski definition) is 2. The van der Waals surface area contributed by atoms with Gasteiger partial charge in [-0.25, -0.2) is 0 Å². The third-order valence-electron chi connectivity index (χ3n) is 7.13. The van der Waals surface area contributed by atoms with Gasteiger partial charge in [0, 0.05) is 18.7 Å². The molecule has 0 radical (unpaired) electrons. The highest BCUT2D eigenvalue weighted by Gasteiger charge is 2.63. The van der Waals surface area contributed by atoms with Gasteiger partial charge >= 0.3 is 6.18 Å². The van der Waals surface area contributed by atoms with Gasteiger partial charge in [0.1, 0.15) is 6.04 Å². The van der Waals surface area contributed by atoms with E-state index in [2.05, 4.69) is 0 Å². The summed E-state index contributed by atoms with van der Waals surface area (Å²) in [5.74, 6) is -3.00. The van der Waals surface area contributed by atoms with Crippen LogP contribution in [0.3, 0.4) is 0 Å². The van der Waals surface area contributed by atoms with Gasteiger partial charge in [0.2, 0.25) is 5.91 Å². The Labute approximate surface area is 242 Å². The molecule has 4 rings (SSSR count). The summed E-state index contributed by atoms with van der Waals surface area (Å²) in [6.45, 7) is 4.23. The number of alkyl halides is 3. The maximum atomic E-state index is 14.8. The Morgan fingerprint density at radius 2 is 1.43 bits per heavy atom. The number of benzene rings is 3. The minimum atomic E-state index is -5.38. The van der Waals surface area contributed by atoms with Crippen molar-refractivity contribution in [1.82, 2.24) is 15.1 Å². The molecule has 1 aliphatic heterocycles. The fourth-order valence-electron chi connectivity index (χ4n) is 5.19. The van der Waals surface area contributed by atoms with Crippen LogP contribution in [0, 0.1) is 5.92 Å². The lowest BCUT2D eigenvalue weighted by molar-refractivity contribution is -0.287. The second kappa shape index (κ2) is 12.2. The Balaban J connectivity index is 2.00. The molecule has 0 spiro atoms. The molecule has 0 saturated carbocycles. The molecule has 3 aromatic carbocycles. The van der Waals surface area contributed by atoms with Gasteiger partial charge in [0.05, 0.1) is 11.7 Å². The zero-order chi connectivity index (χ0) is 30.7. The van der Waals surface area contributed by atoms with Crippen molar-refractivity contribution in [3.63, 3.8) is 0 Å². The summed E-state index contributed by atoms with van der Waals surface area (Å²) in [6.07, 6.45) is -4.49. The van der Waals surface area contributed by atoms with Crippen LogP contribution in [0.4, 0.5) is 13.2 Å². The Morgan fingerprint density at radius 3 is 1.93 bits per heavy atom. The number of carbonyl (C=O) groups is 3. The van der Waals surface area contributed by atoms with Crippen molar-refractivity contribution in [3.05, 3.63) is 114 Å². The molecule has 7 nitrogen and oxygen atoms in total. The number of rotatable bonds is 8. The molecule has 2 N–H and O–H groups in total. The van der Waals surface area contributed by atoms with Gasteiger partial charge in [-0.15, -0.1) is 0 Å². The molecular formula is C32H32F3N3O4. The topological polar surface area (TPSA) is 89.9 Å². The first kappa shape index (κ1) is 30.5. The number of amides is 3. The van der Waals surface area contributed by atoms with Gasteiger partial charge in [-0.05, 0) is 35.6 Å². The van der Waals surface area contributed by atoms with Crippen LogP contribution in [-0.4, -0.2) is 56.6 Å². The van der Waals surface area contributed by atoms with Crippen LogP contribution in [0.2, 0.25) is 0 Å². The molecule has 2 unspecified atom stereocenters. The van der Waals surface area contributed by atoms with Crippen LogP contribution in [0.15, 0.2) is 97.2 Å². The molecule has 220 valence electrons. The van der Waals surface area contributed by atoms with E-state index in [0.717, 1.165) is 11.8 Å². The SMILES string of the molecule is CC(=O)NC(O)(C(Cc1ccccc1)N1C(=O)[C@@H](C(C)C)N(C(=O)c2ccccc2)C=C1c1ccccc1)C(F)(F)F. The zero-order valence-corrected chi connectivity index (χ0v) is 23.4. The molecule has 0 aromatic heterocycles. The molecule has 3 aromatic rings. The number of nitrogens with one attached hydrogen (secondary N) is 1. The highest BCUT2D eigenvalue weighted by Crippen LogP contribution is 2.41. The summed E-state index contributed by atoms with van der Waals surface area (Å²) in [4.78, 5) is 42.5. The van der Waals surface area contributed by atoms with Crippen molar-refractivity contribution in [1.29, 1.82) is 0 Å². The fourth-order valence-corrected chi connectivity index (χ4v) is 5.19. The van der Waals surface area contributed by atoms with Crippen molar-refractivity contribution in [2.45, 2.75) is 51.2 Å². The smallest absolute Gasteiger partial charge is 0.362 e. The van der Waals surface area contributed by atoms with Crippen LogP contribution in [-0.2, 0) is 16.0 Å². The molecule has 42 heavy (non-hydrogen) atoms. The van der Waals surface area contributed by atoms with Gasteiger partial charge in [-0.1, -0.05) is 92.7 Å². The summed E-state index contributed by atoms with van der Waals surface area (Å²) in [7, 11) is 0. The number of aliphatic hydroxyl groups is 1. The first-order chi connectivity index (χ1) is 19.8. The van der Waals surface area contributed by atoms with E-state index >= 15 is 0 Å². The molecule has 3 atom stereocenters. The fraction of sp³-hybridized carbons (Fsp3) is 0.281. The van der Waals surface area contributed by atoms with E-state index in [0.29, 0.717) is 16.7 Å². The standard InChI is InChI=1S/C32H32F3N3O4/c1-21(2)28-30(41)38(27(19-23-13-7-4-8-14-23)31(42,32(33,34)35)36-22(3)39)26(24-15-9-5-10-16-24)20-37(28)29(40)25-17-11-6-12-18-25/h4-18,20-21,27-28,42H,19H2,1-3H3,(H,36,39)/t27?,28-,31?/m1/s1. The van der Waals surface area contributed by atoms with Crippen LogP contribution in [0.5, 0.6) is 0 Å². The summed E-state index contributed by atoms with van der Waals surface area (Å²) < 4.78 is 44.5. The average Bonchev–Trinajstić information content (AvgIpc) is 2.95. The van der Waals surface area contributed by atoms with Gasteiger partial charge in [0.15, 0.2) is 0 Å². The van der Waals surface area contributed by atoms with Crippen LogP contribution < -0.4 is 5.32 Å². The molecule has 0 fully saturated rings. The molecule has 0 bridgehead atoms.